The van der Waals surface area contributed by atoms with Gasteiger partial charge in [0.05, 0.1) is 5.56 Å². The molecule has 0 saturated heterocycles. The van der Waals surface area contributed by atoms with Gasteiger partial charge in [-0.15, -0.1) is 0 Å². The molecule has 116 valence electrons. The van der Waals surface area contributed by atoms with Gasteiger partial charge in [-0.1, -0.05) is 6.07 Å². The standard InChI is InChI=1S/C14H18F3N3S/c1-19(2)6-7-20(3)9-11-4-5-12(21-10-18)8-13(11)14(15,16)17/h4-5,8H,6-7,9H2,1-3H3. The Kier molecular flexibility index (Phi) is 6.52. The smallest absolute Gasteiger partial charge is 0.308 e. The summed E-state index contributed by atoms with van der Waals surface area (Å²) in [7, 11) is 5.63. The molecule has 0 aliphatic heterocycles. The van der Waals surface area contributed by atoms with Crippen molar-refractivity contribution >= 4 is 11.8 Å². The molecule has 0 fully saturated rings. The van der Waals surface area contributed by atoms with Crippen LogP contribution in [0.3, 0.4) is 0 Å². The summed E-state index contributed by atoms with van der Waals surface area (Å²) in [5.74, 6) is 0. The van der Waals surface area contributed by atoms with Crippen molar-refractivity contribution in [2.45, 2.75) is 17.6 Å². The van der Waals surface area contributed by atoms with Crippen LogP contribution >= 0.6 is 11.8 Å². The lowest BCUT2D eigenvalue weighted by Crippen LogP contribution is -2.29. The van der Waals surface area contributed by atoms with E-state index in [4.69, 9.17) is 5.26 Å². The molecule has 0 radical (unpaired) electrons. The van der Waals surface area contributed by atoms with Gasteiger partial charge in [0.1, 0.15) is 5.40 Å². The van der Waals surface area contributed by atoms with Crippen LogP contribution in [0.1, 0.15) is 11.1 Å². The summed E-state index contributed by atoms with van der Waals surface area (Å²) in [5.41, 5.74) is -0.439. The minimum atomic E-state index is -4.41. The monoisotopic (exact) mass is 317 g/mol. The molecule has 0 aliphatic rings. The normalized spacial score (nSPS) is 12.0. The lowest BCUT2D eigenvalue weighted by atomic mass is 10.1. The first kappa shape index (κ1) is 17.8. The number of hydrogen-bond acceptors (Lipinski definition) is 4. The first-order valence-corrected chi connectivity index (χ1v) is 7.15. The van der Waals surface area contributed by atoms with Crippen LogP contribution in [0.5, 0.6) is 0 Å². The Morgan fingerprint density at radius 3 is 2.38 bits per heavy atom. The van der Waals surface area contributed by atoms with E-state index in [0.29, 0.717) is 11.4 Å². The number of thioether (sulfide) groups is 1. The van der Waals surface area contributed by atoms with E-state index in [0.717, 1.165) is 24.4 Å². The van der Waals surface area contributed by atoms with Crippen molar-refractivity contribution in [1.82, 2.24) is 9.80 Å². The fourth-order valence-corrected chi connectivity index (χ4v) is 2.23. The highest BCUT2D eigenvalue weighted by atomic mass is 32.2. The van der Waals surface area contributed by atoms with E-state index in [2.05, 4.69) is 0 Å². The Bertz CT molecular complexity index is 509. The molecule has 7 heteroatoms. The largest absolute Gasteiger partial charge is 0.416 e. The second-order valence-corrected chi connectivity index (χ2v) is 5.91. The molecule has 0 amide bonds. The van der Waals surface area contributed by atoms with Gasteiger partial charge in [-0.2, -0.15) is 18.4 Å². The van der Waals surface area contributed by atoms with E-state index in [1.807, 2.05) is 23.9 Å². The highest BCUT2D eigenvalue weighted by Crippen LogP contribution is 2.35. The van der Waals surface area contributed by atoms with Gasteiger partial charge in [0.2, 0.25) is 0 Å². The molecule has 1 rings (SSSR count). The molecule has 0 bridgehead atoms. The van der Waals surface area contributed by atoms with Crippen molar-refractivity contribution < 1.29 is 13.2 Å². The zero-order chi connectivity index (χ0) is 16.0. The van der Waals surface area contributed by atoms with Crippen molar-refractivity contribution in [3.63, 3.8) is 0 Å². The summed E-state index contributed by atoms with van der Waals surface area (Å²) < 4.78 is 39.3. The number of alkyl halides is 3. The summed E-state index contributed by atoms with van der Waals surface area (Å²) in [4.78, 5) is 4.14. The number of thiocyanates is 1. The zero-order valence-corrected chi connectivity index (χ0v) is 13.1. The van der Waals surface area contributed by atoms with Crippen LogP contribution in [0, 0.1) is 10.7 Å². The number of hydrogen-bond donors (Lipinski definition) is 0. The predicted octanol–water partition coefficient (Wildman–Crippen LogP) is 3.27. The fourth-order valence-electron chi connectivity index (χ4n) is 1.81. The highest BCUT2D eigenvalue weighted by Gasteiger charge is 2.33. The van der Waals surface area contributed by atoms with Gasteiger partial charge in [0.15, 0.2) is 0 Å². The fraction of sp³-hybridized carbons (Fsp3) is 0.500. The van der Waals surface area contributed by atoms with Crippen molar-refractivity contribution in [2.24, 2.45) is 0 Å². The van der Waals surface area contributed by atoms with E-state index < -0.39 is 11.7 Å². The molecule has 1 aromatic rings. The van der Waals surface area contributed by atoms with Crippen molar-refractivity contribution in [2.75, 3.05) is 34.2 Å². The lowest BCUT2D eigenvalue weighted by molar-refractivity contribution is -0.138. The number of halogens is 3. The summed E-state index contributed by atoms with van der Waals surface area (Å²) in [6.07, 6.45) is -4.41. The van der Waals surface area contributed by atoms with E-state index in [-0.39, 0.29) is 12.1 Å². The number of nitrogens with zero attached hydrogens (tertiary/aromatic N) is 3. The van der Waals surface area contributed by atoms with E-state index in [1.165, 1.54) is 6.07 Å². The Balaban J connectivity index is 2.93. The molecule has 0 saturated carbocycles. The van der Waals surface area contributed by atoms with Gasteiger partial charge in [-0.25, -0.2) is 0 Å². The average molecular weight is 317 g/mol. The van der Waals surface area contributed by atoms with E-state index in [9.17, 15) is 13.2 Å². The van der Waals surface area contributed by atoms with Crippen LogP contribution in [0.25, 0.3) is 0 Å². The third kappa shape index (κ3) is 5.96. The maximum Gasteiger partial charge on any atom is 0.416 e. The predicted molar refractivity (Wildman–Crippen MR) is 77.8 cm³/mol. The van der Waals surface area contributed by atoms with Gasteiger partial charge in [-0.3, -0.25) is 0 Å². The molecule has 0 unspecified atom stereocenters. The minimum Gasteiger partial charge on any atom is -0.308 e. The van der Waals surface area contributed by atoms with Crippen molar-refractivity contribution in [1.29, 1.82) is 5.26 Å². The maximum absolute atomic E-state index is 13.1. The van der Waals surface area contributed by atoms with Crippen LogP contribution in [0.4, 0.5) is 13.2 Å². The molecule has 3 nitrogen and oxygen atoms in total. The number of benzene rings is 1. The van der Waals surface area contributed by atoms with Crippen LogP contribution in [0.2, 0.25) is 0 Å². The van der Waals surface area contributed by atoms with Gasteiger partial charge in [-0.05, 0) is 50.6 Å². The van der Waals surface area contributed by atoms with Crippen LogP contribution < -0.4 is 0 Å². The minimum absolute atomic E-state index is 0.222. The van der Waals surface area contributed by atoms with E-state index >= 15 is 0 Å². The van der Waals surface area contributed by atoms with Crippen molar-refractivity contribution in [3.05, 3.63) is 29.3 Å². The van der Waals surface area contributed by atoms with Gasteiger partial charge >= 0.3 is 6.18 Å². The Morgan fingerprint density at radius 1 is 1.19 bits per heavy atom. The van der Waals surface area contributed by atoms with Crippen LogP contribution in [-0.2, 0) is 12.7 Å². The third-order valence-electron chi connectivity index (χ3n) is 2.92. The van der Waals surface area contributed by atoms with E-state index in [1.54, 1.807) is 18.5 Å². The maximum atomic E-state index is 13.1. The molecular weight excluding hydrogens is 299 g/mol. The van der Waals surface area contributed by atoms with Crippen LogP contribution in [0.15, 0.2) is 23.1 Å². The molecule has 0 spiro atoms. The quantitative estimate of drug-likeness (QED) is 0.595. The highest BCUT2D eigenvalue weighted by molar-refractivity contribution is 8.03. The average Bonchev–Trinajstić information content (AvgIpc) is 2.37. The number of rotatable bonds is 6. The molecular formula is C14H18F3N3S. The summed E-state index contributed by atoms with van der Waals surface area (Å²) in [5, 5.41) is 10.4. The van der Waals surface area contributed by atoms with Crippen molar-refractivity contribution in [3.8, 4) is 5.40 Å². The second-order valence-electron chi connectivity index (χ2n) is 5.05. The summed E-state index contributed by atoms with van der Waals surface area (Å²) >= 11 is 0.733. The molecule has 0 atom stereocenters. The van der Waals surface area contributed by atoms with Gasteiger partial charge in [0, 0.05) is 24.5 Å². The second kappa shape index (κ2) is 7.69. The topological polar surface area (TPSA) is 30.3 Å². The van der Waals surface area contributed by atoms with Crippen LogP contribution in [-0.4, -0.2) is 44.0 Å². The molecule has 1 aromatic carbocycles. The molecule has 21 heavy (non-hydrogen) atoms. The third-order valence-corrected chi connectivity index (χ3v) is 3.50. The zero-order valence-electron chi connectivity index (χ0n) is 12.2. The Labute approximate surface area is 127 Å². The Hall–Kier alpha value is -1.23. The lowest BCUT2D eigenvalue weighted by Gasteiger charge is -2.21. The van der Waals surface area contributed by atoms with Gasteiger partial charge < -0.3 is 9.80 Å². The molecule has 0 aliphatic carbocycles. The Morgan fingerprint density at radius 2 is 1.86 bits per heavy atom. The number of nitriles is 1. The first-order chi connectivity index (χ1) is 9.74. The SMILES string of the molecule is CN(C)CCN(C)Cc1ccc(SC#N)cc1C(F)(F)F. The molecule has 0 N–H and O–H groups in total. The summed E-state index contributed by atoms with van der Waals surface area (Å²) in [6.45, 7) is 1.68. The first-order valence-electron chi connectivity index (χ1n) is 6.33. The molecule has 0 aromatic heterocycles. The van der Waals surface area contributed by atoms with Gasteiger partial charge in [0.25, 0.3) is 0 Å². The number of likely N-dealkylation sites (N-methyl/N-ethyl adjacent to an activating group) is 2. The summed E-state index contributed by atoms with van der Waals surface area (Å²) in [6, 6.07) is 4.05. The molecule has 0 heterocycles.